The molecule has 0 spiro atoms. The monoisotopic (exact) mass is 408 g/mol. The molecule has 0 radical (unpaired) electrons. The van der Waals surface area contributed by atoms with Crippen molar-refractivity contribution >= 4 is 54.1 Å². The Morgan fingerprint density at radius 3 is 0.938 bits per heavy atom. The van der Waals surface area contributed by atoms with Crippen LogP contribution in [0.15, 0.2) is 122 Å². The van der Waals surface area contributed by atoms with Gasteiger partial charge in [0.15, 0.2) is 0 Å². The summed E-state index contributed by atoms with van der Waals surface area (Å²) in [6.07, 6.45) is 3.60. The molecule has 0 atom stereocenters. The van der Waals surface area contributed by atoms with Gasteiger partial charge in [-0.2, -0.15) is 0 Å². The molecule has 0 aliphatic heterocycles. The quantitative estimate of drug-likeness (QED) is 0.238. The second-order valence-electron chi connectivity index (χ2n) is 7.85. The third-order valence-corrected chi connectivity index (χ3v) is 6.00. The van der Waals surface area contributed by atoms with E-state index in [2.05, 4.69) is 107 Å². The summed E-state index contributed by atoms with van der Waals surface area (Å²) in [6.45, 7) is 0. The number of benzene rings is 5. The van der Waals surface area contributed by atoms with Crippen LogP contribution in [0.2, 0.25) is 0 Å². The zero-order chi connectivity index (χ0) is 21.3. The van der Waals surface area contributed by atoms with Gasteiger partial charge in [-0.15, -0.1) is 0 Å². The van der Waals surface area contributed by atoms with Crippen LogP contribution < -0.4 is 0 Å². The van der Waals surface area contributed by atoms with Crippen molar-refractivity contribution in [3.05, 3.63) is 122 Å². The van der Waals surface area contributed by atoms with E-state index in [1.54, 1.807) is 12.4 Å². The van der Waals surface area contributed by atoms with Gasteiger partial charge in [-0.25, -0.2) is 0 Å². The number of rotatable bonds is 0. The molecule has 0 saturated carbocycles. The molecule has 0 amide bonds. The molecule has 7 aromatic rings. The average Bonchev–Trinajstić information content (AvgIpc) is 2.89. The van der Waals surface area contributed by atoms with E-state index in [-0.39, 0.29) is 0 Å². The van der Waals surface area contributed by atoms with E-state index >= 15 is 0 Å². The van der Waals surface area contributed by atoms with E-state index < -0.39 is 0 Å². The summed E-state index contributed by atoms with van der Waals surface area (Å²) >= 11 is 0. The van der Waals surface area contributed by atoms with Crippen LogP contribution in [0.3, 0.4) is 0 Å². The number of fused-ring (bicyclic) bond motifs is 9. The van der Waals surface area contributed by atoms with Gasteiger partial charge < -0.3 is 0 Å². The van der Waals surface area contributed by atoms with Gasteiger partial charge in [-0.1, -0.05) is 97.1 Å². The van der Waals surface area contributed by atoms with E-state index in [9.17, 15) is 0 Å². The van der Waals surface area contributed by atoms with E-state index in [0.717, 1.165) is 21.8 Å². The summed E-state index contributed by atoms with van der Waals surface area (Å²) in [5.41, 5.74) is 1.95. The lowest BCUT2D eigenvalue weighted by Crippen LogP contribution is -1.83. The number of hydrogen-bond acceptors (Lipinski definition) is 2. The van der Waals surface area contributed by atoms with Gasteiger partial charge in [0, 0.05) is 23.2 Å². The highest BCUT2D eigenvalue weighted by atomic mass is 14.7. The molecule has 5 aromatic carbocycles. The summed E-state index contributed by atoms with van der Waals surface area (Å²) in [7, 11) is 0. The second-order valence-corrected chi connectivity index (χ2v) is 7.85. The van der Waals surface area contributed by atoms with E-state index in [1.807, 2.05) is 12.1 Å². The maximum Gasteiger partial charge on any atom is 0.0964 e. The van der Waals surface area contributed by atoms with Crippen LogP contribution in [0.4, 0.5) is 0 Å². The highest BCUT2D eigenvalue weighted by Crippen LogP contribution is 2.34. The minimum Gasteiger partial charge on any atom is -0.254 e. The number of hydrogen-bond donors (Lipinski definition) is 0. The van der Waals surface area contributed by atoms with Crippen LogP contribution in [-0.4, -0.2) is 9.97 Å². The van der Waals surface area contributed by atoms with Gasteiger partial charge in [0.25, 0.3) is 0 Å². The predicted molar refractivity (Wildman–Crippen MR) is 136 cm³/mol. The Labute approximate surface area is 185 Å². The molecule has 0 aliphatic rings. The van der Waals surface area contributed by atoms with Crippen molar-refractivity contribution in [2.24, 2.45) is 0 Å². The summed E-state index contributed by atoms with van der Waals surface area (Å²) < 4.78 is 0. The molecule has 0 aliphatic carbocycles. The van der Waals surface area contributed by atoms with Gasteiger partial charge >= 0.3 is 0 Å². The molecule has 0 bridgehead atoms. The molecule has 2 aromatic heterocycles. The Kier molecular flexibility index (Phi) is 4.47. The van der Waals surface area contributed by atoms with Crippen LogP contribution in [0.25, 0.3) is 54.1 Å². The summed E-state index contributed by atoms with van der Waals surface area (Å²) in [6, 6.07) is 38.1. The third-order valence-electron chi connectivity index (χ3n) is 6.00. The Morgan fingerprint density at radius 2 is 0.625 bits per heavy atom. The standard InChI is InChI=1S/C18H12.C12H8N2/c1-2-8-14-13(7-1)15-9-3-4-11-17(15)18-12-6-5-10-16(14)18;1-3-9-5-6-10-4-2-8-14-12(10)11(9)13-7-1/h1-12H;1-8H. The van der Waals surface area contributed by atoms with Crippen molar-refractivity contribution in [1.29, 1.82) is 0 Å². The van der Waals surface area contributed by atoms with E-state index in [4.69, 9.17) is 0 Å². The zero-order valence-corrected chi connectivity index (χ0v) is 17.4. The summed E-state index contributed by atoms with van der Waals surface area (Å²) in [4.78, 5) is 8.69. The van der Waals surface area contributed by atoms with Crippen molar-refractivity contribution in [3.63, 3.8) is 0 Å². The minimum atomic E-state index is 0.977. The van der Waals surface area contributed by atoms with Crippen LogP contribution in [0.5, 0.6) is 0 Å². The van der Waals surface area contributed by atoms with E-state index in [1.165, 1.54) is 32.3 Å². The first-order valence-corrected chi connectivity index (χ1v) is 10.8. The maximum atomic E-state index is 4.35. The van der Waals surface area contributed by atoms with E-state index in [0.29, 0.717) is 0 Å². The molecule has 0 N–H and O–H groups in total. The van der Waals surface area contributed by atoms with Gasteiger partial charge in [-0.05, 0) is 44.5 Å². The van der Waals surface area contributed by atoms with Gasteiger partial charge in [0.1, 0.15) is 0 Å². The molecule has 32 heavy (non-hydrogen) atoms. The smallest absolute Gasteiger partial charge is 0.0964 e. The molecular formula is C30H20N2. The summed E-state index contributed by atoms with van der Waals surface area (Å²) in [5, 5.41) is 10.3. The van der Waals surface area contributed by atoms with Crippen LogP contribution in [0, 0.1) is 0 Å². The lowest BCUT2D eigenvalue weighted by Gasteiger charge is -2.09. The normalized spacial score (nSPS) is 11.1. The van der Waals surface area contributed by atoms with Crippen molar-refractivity contribution in [2.45, 2.75) is 0 Å². The van der Waals surface area contributed by atoms with Crippen molar-refractivity contribution in [3.8, 4) is 0 Å². The molecular weight excluding hydrogens is 388 g/mol. The lowest BCUT2D eigenvalue weighted by molar-refractivity contribution is 1.37. The highest BCUT2D eigenvalue weighted by Gasteiger charge is 2.06. The lowest BCUT2D eigenvalue weighted by atomic mass is 9.95. The number of pyridine rings is 2. The van der Waals surface area contributed by atoms with Crippen molar-refractivity contribution in [1.82, 2.24) is 9.97 Å². The molecule has 0 saturated heterocycles. The average molecular weight is 409 g/mol. The first-order chi connectivity index (χ1) is 15.9. The molecule has 2 heterocycles. The summed E-state index contributed by atoms with van der Waals surface area (Å²) in [5.74, 6) is 0. The first-order valence-electron chi connectivity index (χ1n) is 10.8. The van der Waals surface area contributed by atoms with Crippen LogP contribution in [0.1, 0.15) is 0 Å². The topological polar surface area (TPSA) is 25.8 Å². The molecule has 0 fully saturated rings. The first kappa shape index (κ1) is 18.5. The highest BCUT2D eigenvalue weighted by molar-refractivity contribution is 6.25. The predicted octanol–water partition coefficient (Wildman–Crippen LogP) is 7.93. The fourth-order valence-electron chi connectivity index (χ4n) is 4.54. The van der Waals surface area contributed by atoms with Crippen LogP contribution in [-0.2, 0) is 0 Å². The fraction of sp³-hybridized carbons (Fsp3) is 0. The maximum absolute atomic E-state index is 4.35. The Balaban J connectivity index is 0.000000126. The third kappa shape index (κ3) is 3.05. The zero-order valence-electron chi connectivity index (χ0n) is 17.4. The van der Waals surface area contributed by atoms with Crippen molar-refractivity contribution in [2.75, 3.05) is 0 Å². The van der Waals surface area contributed by atoms with Crippen LogP contribution >= 0.6 is 0 Å². The Hall–Kier alpha value is -4.30. The molecule has 150 valence electrons. The largest absolute Gasteiger partial charge is 0.254 e. The molecule has 2 nitrogen and oxygen atoms in total. The van der Waals surface area contributed by atoms with Crippen molar-refractivity contribution < 1.29 is 0 Å². The van der Waals surface area contributed by atoms with Gasteiger partial charge in [0.2, 0.25) is 0 Å². The Morgan fingerprint density at radius 1 is 0.312 bits per heavy atom. The fourth-order valence-corrected chi connectivity index (χ4v) is 4.54. The molecule has 7 rings (SSSR count). The molecule has 2 heteroatoms. The number of nitrogens with zero attached hydrogens (tertiary/aromatic N) is 2. The van der Waals surface area contributed by atoms with Gasteiger partial charge in [0.05, 0.1) is 11.0 Å². The Bertz CT molecular complexity index is 1460. The molecule has 0 unspecified atom stereocenters. The second kappa shape index (κ2) is 7.75. The minimum absolute atomic E-state index is 0.977. The number of aromatic nitrogens is 2. The van der Waals surface area contributed by atoms with Gasteiger partial charge in [-0.3, -0.25) is 9.97 Å². The SMILES string of the molecule is c1ccc2c(c1)c1ccccc1c1ccccc21.c1cnc2c(c1)ccc1cccnc12.